The molecular weight excluding hydrogens is 447 g/mol. The summed E-state index contributed by atoms with van der Waals surface area (Å²) < 4.78 is 45.0. The average molecular weight is 466 g/mol. The molecule has 3 rings (SSSR count). The summed E-state index contributed by atoms with van der Waals surface area (Å²) in [6.07, 6.45) is -1.05. The monoisotopic (exact) mass is 466 g/mol. The van der Waals surface area contributed by atoms with Crippen molar-refractivity contribution in [3.05, 3.63) is 70.0 Å². The molecule has 2 N–H and O–H groups in total. The topological polar surface area (TPSA) is 148 Å². The van der Waals surface area contributed by atoms with Crippen molar-refractivity contribution in [3.8, 4) is 0 Å². The van der Waals surface area contributed by atoms with Crippen LogP contribution in [0.5, 0.6) is 0 Å². The van der Waals surface area contributed by atoms with Crippen LogP contribution in [-0.4, -0.2) is 55.4 Å². The number of non-ortho nitro benzene ring substituents is 1. The minimum absolute atomic E-state index is 0.00705. The number of hydrogen-bond acceptors (Lipinski definition) is 7. The Morgan fingerprint density at radius 1 is 1.09 bits per heavy atom. The summed E-state index contributed by atoms with van der Waals surface area (Å²) in [6.45, 7) is -0.192. The molecule has 0 radical (unpaired) electrons. The smallest absolute Gasteiger partial charge is 0.309 e. The van der Waals surface area contributed by atoms with E-state index in [4.69, 9.17) is 4.74 Å². The molecule has 1 heterocycles. The number of sulfonamides is 1. The Labute approximate surface area is 182 Å². The first-order valence-corrected chi connectivity index (χ1v) is 10.8. The first-order chi connectivity index (χ1) is 15.2. The van der Waals surface area contributed by atoms with Crippen LogP contribution in [0.15, 0.2) is 53.4 Å². The highest BCUT2D eigenvalue weighted by Crippen LogP contribution is 2.24. The van der Waals surface area contributed by atoms with E-state index in [1.165, 1.54) is 24.3 Å². The minimum atomic E-state index is -4.05. The van der Waals surface area contributed by atoms with Gasteiger partial charge >= 0.3 is 11.8 Å². The first kappa shape index (κ1) is 23.2. The van der Waals surface area contributed by atoms with Crippen molar-refractivity contribution in [2.75, 3.05) is 19.7 Å². The molecule has 1 aliphatic rings. The molecule has 1 aliphatic heterocycles. The van der Waals surface area contributed by atoms with Crippen molar-refractivity contribution in [1.82, 2.24) is 14.9 Å². The Kier molecular flexibility index (Phi) is 7.12. The number of nitrogens with zero attached hydrogens (tertiary/aromatic N) is 2. The number of halogens is 1. The van der Waals surface area contributed by atoms with Gasteiger partial charge in [0.05, 0.1) is 23.0 Å². The Hall–Kier alpha value is -3.42. The highest BCUT2D eigenvalue weighted by Gasteiger charge is 2.36. The molecule has 0 aromatic heterocycles. The van der Waals surface area contributed by atoms with Crippen molar-refractivity contribution >= 4 is 27.5 Å². The number of carbonyl (C=O) groups is 2. The molecule has 11 nitrogen and oxygen atoms in total. The van der Waals surface area contributed by atoms with Crippen LogP contribution < -0.4 is 10.6 Å². The van der Waals surface area contributed by atoms with Gasteiger partial charge in [-0.1, -0.05) is 12.1 Å². The van der Waals surface area contributed by atoms with Crippen LogP contribution in [0.25, 0.3) is 0 Å². The Bertz CT molecular complexity index is 1110. The van der Waals surface area contributed by atoms with Gasteiger partial charge in [0, 0.05) is 25.2 Å². The van der Waals surface area contributed by atoms with Gasteiger partial charge < -0.3 is 15.4 Å². The lowest BCUT2D eigenvalue weighted by Crippen LogP contribution is -2.47. The Morgan fingerprint density at radius 2 is 1.72 bits per heavy atom. The summed E-state index contributed by atoms with van der Waals surface area (Å²) in [4.78, 5) is 33.9. The van der Waals surface area contributed by atoms with Gasteiger partial charge in [-0.15, -0.1) is 0 Å². The second-order valence-corrected chi connectivity index (χ2v) is 8.60. The number of nitro groups is 1. The van der Waals surface area contributed by atoms with Crippen LogP contribution in [0, 0.1) is 15.9 Å². The molecule has 1 atom stereocenters. The normalized spacial score (nSPS) is 16.5. The van der Waals surface area contributed by atoms with Gasteiger partial charge in [0.25, 0.3) is 5.69 Å². The zero-order valence-corrected chi connectivity index (χ0v) is 17.4. The number of hydrogen-bond donors (Lipinski definition) is 2. The molecule has 0 bridgehead atoms. The van der Waals surface area contributed by atoms with Gasteiger partial charge in [-0.3, -0.25) is 19.7 Å². The first-order valence-electron chi connectivity index (χ1n) is 9.37. The number of rotatable bonds is 7. The maximum Gasteiger partial charge on any atom is 0.309 e. The summed E-state index contributed by atoms with van der Waals surface area (Å²) in [7, 11) is -4.05. The molecule has 0 aliphatic carbocycles. The third-order valence-corrected chi connectivity index (χ3v) is 6.51. The van der Waals surface area contributed by atoms with Crippen LogP contribution in [0.3, 0.4) is 0 Å². The fraction of sp³-hybridized carbons (Fsp3) is 0.263. The Morgan fingerprint density at radius 3 is 2.34 bits per heavy atom. The van der Waals surface area contributed by atoms with Crippen molar-refractivity contribution in [1.29, 1.82) is 0 Å². The summed E-state index contributed by atoms with van der Waals surface area (Å²) in [5.74, 6) is -2.37. The molecule has 0 saturated carbocycles. The van der Waals surface area contributed by atoms with Crippen molar-refractivity contribution in [2.24, 2.45) is 0 Å². The highest BCUT2D eigenvalue weighted by molar-refractivity contribution is 7.89. The standard InChI is InChI=1S/C19H19FN4O7S/c20-14-3-1-13(2-4-14)11-21-18(25)19(26)22-12-17-23(9-10-31-17)32(29,30)16-7-5-15(6-8-16)24(27)28/h1-8,17H,9-12H2,(H,21,25)(H,22,26)/t17-/m1/s1. The molecular formula is C19H19FN4O7S. The molecule has 13 heteroatoms. The molecule has 1 saturated heterocycles. The van der Waals surface area contributed by atoms with E-state index < -0.39 is 38.8 Å². The van der Waals surface area contributed by atoms with Crippen LogP contribution in [0.4, 0.5) is 10.1 Å². The van der Waals surface area contributed by atoms with Gasteiger partial charge in [-0.05, 0) is 29.8 Å². The summed E-state index contributed by atoms with van der Waals surface area (Å²) in [5, 5.41) is 15.4. The highest BCUT2D eigenvalue weighted by atomic mass is 32.2. The lowest BCUT2D eigenvalue weighted by Gasteiger charge is -2.22. The predicted octanol–water partition coefficient (Wildman–Crippen LogP) is 0.514. The predicted molar refractivity (Wildman–Crippen MR) is 108 cm³/mol. The van der Waals surface area contributed by atoms with Crippen LogP contribution in [0.2, 0.25) is 0 Å². The second-order valence-electron chi connectivity index (χ2n) is 6.71. The zero-order valence-electron chi connectivity index (χ0n) is 16.6. The van der Waals surface area contributed by atoms with Crippen molar-refractivity contribution in [3.63, 3.8) is 0 Å². The van der Waals surface area contributed by atoms with Gasteiger partial charge in [-0.25, -0.2) is 12.8 Å². The van der Waals surface area contributed by atoms with Gasteiger partial charge in [0.2, 0.25) is 10.0 Å². The molecule has 0 unspecified atom stereocenters. The van der Waals surface area contributed by atoms with E-state index in [0.29, 0.717) is 5.56 Å². The fourth-order valence-electron chi connectivity index (χ4n) is 2.94. The SMILES string of the molecule is O=C(NCc1ccc(F)cc1)C(=O)NC[C@H]1OCCN1S(=O)(=O)c1ccc([N+](=O)[O-])cc1. The number of ether oxygens (including phenoxy) is 1. The average Bonchev–Trinajstić information content (AvgIpc) is 3.26. The number of nitrogens with one attached hydrogen (secondary N) is 2. The molecule has 2 aromatic rings. The molecule has 1 fully saturated rings. The number of nitro benzene ring substituents is 1. The van der Waals surface area contributed by atoms with Gasteiger partial charge in [-0.2, -0.15) is 4.31 Å². The van der Waals surface area contributed by atoms with E-state index in [1.807, 2.05) is 0 Å². The van der Waals surface area contributed by atoms with E-state index in [0.717, 1.165) is 28.6 Å². The van der Waals surface area contributed by atoms with E-state index in [-0.39, 0.29) is 36.8 Å². The third-order valence-electron chi connectivity index (χ3n) is 4.61. The van der Waals surface area contributed by atoms with Crippen LogP contribution in [0.1, 0.15) is 5.56 Å². The molecule has 0 spiro atoms. The Balaban J connectivity index is 1.56. The molecule has 170 valence electrons. The van der Waals surface area contributed by atoms with E-state index in [9.17, 15) is 32.5 Å². The largest absolute Gasteiger partial charge is 0.359 e. The second kappa shape index (κ2) is 9.80. The van der Waals surface area contributed by atoms with Crippen LogP contribution >= 0.6 is 0 Å². The molecule has 2 amide bonds. The summed E-state index contributed by atoms with van der Waals surface area (Å²) in [6, 6.07) is 9.74. The number of benzene rings is 2. The summed E-state index contributed by atoms with van der Waals surface area (Å²) >= 11 is 0. The third kappa shape index (κ3) is 5.43. The van der Waals surface area contributed by atoms with E-state index in [2.05, 4.69) is 10.6 Å². The van der Waals surface area contributed by atoms with Gasteiger partial charge in [0.15, 0.2) is 0 Å². The maximum absolute atomic E-state index is 12.9. The van der Waals surface area contributed by atoms with E-state index in [1.54, 1.807) is 0 Å². The van der Waals surface area contributed by atoms with Crippen molar-refractivity contribution in [2.45, 2.75) is 17.7 Å². The molecule has 2 aromatic carbocycles. The number of carbonyl (C=O) groups excluding carboxylic acids is 2. The zero-order chi connectivity index (χ0) is 23.3. The number of amides is 2. The quantitative estimate of drug-likeness (QED) is 0.343. The minimum Gasteiger partial charge on any atom is -0.359 e. The van der Waals surface area contributed by atoms with Crippen LogP contribution in [-0.2, 0) is 30.9 Å². The summed E-state index contributed by atoms with van der Waals surface area (Å²) in [5.41, 5.74) is 0.337. The maximum atomic E-state index is 12.9. The van der Waals surface area contributed by atoms with E-state index >= 15 is 0 Å². The lowest BCUT2D eigenvalue weighted by atomic mass is 10.2. The van der Waals surface area contributed by atoms with Crippen molar-refractivity contribution < 1.29 is 32.1 Å². The van der Waals surface area contributed by atoms with Gasteiger partial charge in [0.1, 0.15) is 12.0 Å². The lowest BCUT2D eigenvalue weighted by molar-refractivity contribution is -0.384. The fourth-order valence-corrected chi connectivity index (χ4v) is 4.45. The molecule has 32 heavy (non-hydrogen) atoms.